The SMILES string of the molecule is CCCCCCCCCCCCCCCCCCCCCCCCC/C=C/C(O)C(CO)NC(=O)CCCCCCCCC/C=C\C/C=C\CCCCCOC(=O)CCCCCCCCCCCCCC. The molecule has 0 saturated heterocycles. The van der Waals surface area contributed by atoms with Gasteiger partial charge < -0.3 is 20.3 Å². The van der Waals surface area contributed by atoms with Crippen LogP contribution in [0.25, 0.3) is 0 Å². The molecule has 0 aliphatic rings. The summed E-state index contributed by atoms with van der Waals surface area (Å²) in [6.45, 7) is 4.88. The molecule has 6 nitrogen and oxygen atoms in total. The molecule has 0 rings (SSSR count). The van der Waals surface area contributed by atoms with Gasteiger partial charge in [0, 0.05) is 12.8 Å². The molecule has 3 N–H and O–H groups in total. The molecule has 0 spiro atoms. The van der Waals surface area contributed by atoms with Crippen molar-refractivity contribution in [3.05, 3.63) is 36.5 Å². The van der Waals surface area contributed by atoms with E-state index in [0.29, 0.717) is 19.4 Å². The molecule has 0 heterocycles. The lowest BCUT2D eigenvalue weighted by Gasteiger charge is -2.20. The van der Waals surface area contributed by atoms with Crippen LogP contribution in [0.4, 0.5) is 0 Å². The molecule has 418 valence electrons. The Morgan fingerprint density at radius 3 is 1.07 bits per heavy atom. The number of amides is 1. The van der Waals surface area contributed by atoms with Crippen molar-refractivity contribution in [1.29, 1.82) is 0 Å². The van der Waals surface area contributed by atoms with E-state index in [1.807, 2.05) is 6.08 Å². The van der Waals surface area contributed by atoms with Crippen LogP contribution >= 0.6 is 0 Å². The van der Waals surface area contributed by atoms with Crippen LogP contribution in [0.3, 0.4) is 0 Å². The molecule has 0 fully saturated rings. The van der Waals surface area contributed by atoms with Gasteiger partial charge in [0.15, 0.2) is 0 Å². The average Bonchev–Trinajstić information content (AvgIpc) is 3.37. The van der Waals surface area contributed by atoms with Crippen molar-refractivity contribution in [3.8, 4) is 0 Å². The van der Waals surface area contributed by atoms with Gasteiger partial charge in [0.2, 0.25) is 5.91 Å². The lowest BCUT2D eigenvalue weighted by molar-refractivity contribution is -0.143. The molecule has 0 aromatic carbocycles. The summed E-state index contributed by atoms with van der Waals surface area (Å²) < 4.78 is 5.44. The predicted octanol–water partition coefficient (Wildman–Crippen LogP) is 20.0. The second-order valence-corrected chi connectivity index (χ2v) is 21.7. The van der Waals surface area contributed by atoms with Gasteiger partial charge in [-0.2, -0.15) is 0 Å². The Balaban J connectivity index is 3.52. The first-order valence-electron chi connectivity index (χ1n) is 31.8. The molecule has 0 aromatic rings. The van der Waals surface area contributed by atoms with Crippen molar-refractivity contribution in [2.45, 2.75) is 353 Å². The van der Waals surface area contributed by atoms with Gasteiger partial charge in [0.25, 0.3) is 0 Å². The zero-order chi connectivity index (χ0) is 51.4. The average molecular weight is 999 g/mol. The number of allylic oxidation sites excluding steroid dienone is 5. The van der Waals surface area contributed by atoms with E-state index in [-0.39, 0.29) is 18.5 Å². The summed E-state index contributed by atoms with van der Waals surface area (Å²) in [5.74, 6) is -0.0963. The van der Waals surface area contributed by atoms with Crippen molar-refractivity contribution in [3.63, 3.8) is 0 Å². The van der Waals surface area contributed by atoms with E-state index < -0.39 is 12.1 Å². The number of carbonyl (C=O) groups excluding carboxylic acids is 2. The maximum absolute atomic E-state index is 12.5. The van der Waals surface area contributed by atoms with Crippen molar-refractivity contribution in [2.75, 3.05) is 13.2 Å². The number of esters is 1. The van der Waals surface area contributed by atoms with Crippen LogP contribution in [-0.4, -0.2) is 47.4 Å². The third-order valence-electron chi connectivity index (χ3n) is 14.7. The summed E-state index contributed by atoms with van der Waals surface area (Å²) in [5.41, 5.74) is 0. The molecule has 0 aromatic heterocycles. The highest BCUT2D eigenvalue weighted by molar-refractivity contribution is 5.76. The summed E-state index contributed by atoms with van der Waals surface area (Å²) >= 11 is 0. The fraction of sp³-hybridized carbons (Fsp3) is 0.877. The van der Waals surface area contributed by atoms with Crippen LogP contribution in [-0.2, 0) is 14.3 Å². The van der Waals surface area contributed by atoms with Gasteiger partial charge >= 0.3 is 5.97 Å². The third kappa shape index (κ3) is 57.2. The molecule has 6 heteroatoms. The van der Waals surface area contributed by atoms with E-state index in [9.17, 15) is 19.8 Å². The Bertz CT molecular complexity index is 1150. The first-order chi connectivity index (χ1) is 35.0. The first-order valence-corrected chi connectivity index (χ1v) is 31.8. The quantitative estimate of drug-likeness (QED) is 0.0321. The van der Waals surface area contributed by atoms with Crippen LogP contribution in [0.15, 0.2) is 36.5 Å². The van der Waals surface area contributed by atoms with Crippen molar-refractivity contribution in [1.82, 2.24) is 5.32 Å². The Hall–Kier alpha value is -1.92. The summed E-state index contributed by atoms with van der Waals surface area (Å²) in [7, 11) is 0. The van der Waals surface area contributed by atoms with Crippen molar-refractivity contribution < 1.29 is 24.5 Å². The predicted molar refractivity (Wildman–Crippen MR) is 310 cm³/mol. The fourth-order valence-corrected chi connectivity index (χ4v) is 9.78. The van der Waals surface area contributed by atoms with Gasteiger partial charge in [-0.1, -0.05) is 294 Å². The fourth-order valence-electron chi connectivity index (χ4n) is 9.78. The van der Waals surface area contributed by atoms with E-state index in [1.165, 1.54) is 231 Å². The molecule has 0 aliphatic carbocycles. The number of hydrogen-bond donors (Lipinski definition) is 3. The van der Waals surface area contributed by atoms with Gasteiger partial charge in [-0.3, -0.25) is 9.59 Å². The van der Waals surface area contributed by atoms with Crippen LogP contribution in [0.5, 0.6) is 0 Å². The molecule has 2 unspecified atom stereocenters. The van der Waals surface area contributed by atoms with Crippen molar-refractivity contribution in [2.24, 2.45) is 0 Å². The Kier molecular flexibility index (Phi) is 59.0. The van der Waals surface area contributed by atoms with Crippen LogP contribution in [0, 0.1) is 0 Å². The van der Waals surface area contributed by atoms with Crippen molar-refractivity contribution >= 4 is 11.9 Å². The number of ether oxygens (including phenoxy) is 1. The lowest BCUT2D eigenvalue weighted by atomic mass is 10.0. The highest BCUT2D eigenvalue weighted by Crippen LogP contribution is 2.17. The number of aliphatic hydroxyl groups excluding tert-OH is 2. The largest absolute Gasteiger partial charge is 0.466 e. The Labute approximate surface area is 443 Å². The smallest absolute Gasteiger partial charge is 0.305 e. The highest BCUT2D eigenvalue weighted by Gasteiger charge is 2.18. The van der Waals surface area contributed by atoms with Crippen LogP contribution < -0.4 is 5.32 Å². The molecule has 0 aliphatic heterocycles. The molecule has 0 bridgehead atoms. The molecule has 1 amide bonds. The summed E-state index contributed by atoms with van der Waals surface area (Å²) in [6.07, 6.45) is 76.2. The minimum Gasteiger partial charge on any atom is -0.466 e. The minimum absolute atomic E-state index is 0.0153. The standard InChI is InChI=1S/C65H123NO5/c1-3-5-7-9-11-13-15-17-18-19-20-21-22-23-24-25-26-28-31-34-37-41-45-49-53-57-63(68)62(61-67)66-64(69)58-54-50-46-42-38-35-32-29-27-30-33-36-40-44-48-52-56-60-71-65(70)59-55-51-47-43-39-16-14-12-10-8-6-4-2/h27,30,36,40,53,57,62-63,67-68H,3-26,28-29,31-35,37-39,41-52,54-56,58-61H2,1-2H3,(H,66,69)/b30-27-,40-36-,57-53+. The summed E-state index contributed by atoms with van der Waals surface area (Å²) in [6, 6.07) is -0.641. The third-order valence-corrected chi connectivity index (χ3v) is 14.7. The molecular weight excluding hydrogens is 875 g/mol. The normalized spacial score (nSPS) is 12.8. The molecule has 0 saturated carbocycles. The summed E-state index contributed by atoms with van der Waals surface area (Å²) in [5, 5.41) is 23.2. The van der Waals surface area contributed by atoms with Gasteiger partial charge in [-0.25, -0.2) is 0 Å². The number of rotatable bonds is 59. The maximum atomic E-state index is 12.5. The second-order valence-electron chi connectivity index (χ2n) is 21.7. The van der Waals surface area contributed by atoms with E-state index in [4.69, 9.17) is 4.74 Å². The monoisotopic (exact) mass is 998 g/mol. The topological polar surface area (TPSA) is 95.9 Å². The number of unbranched alkanes of at least 4 members (excludes halogenated alkanes) is 44. The van der Waals surface area contributed by atoms with Gasteiger partial charge in [-0.15, -0.1) is 0 Å². The van der Waals surface area contributed by atoms with E-state index in [0.717, 1.165) is 83.5 Å². The molecular formula is C65H123NO5. The van der Waals surface area contributed by atoms with E-state index >= 15 is 0 Å². The zero-order valence-corrected chi connectivity index (χ0v) is 47.7. The lowest BCUT2D eigenvalue weighted by Crippen LogP contribution is -2.45. The molecule has 2 atom stereocenters. The van der Waals surface area contributed by atoms with Gasteiger partial charge in [-0.05, 0) is 70.6 Å². The number of carbonyl (C=O) groups is 2. The van der Waals surface area contributed by atoms with Gasteiger partial charge in [0.05, 0.1) is 25.4 Å². The zero-order valence-electron chi connectivity index (χ0n) is 47.7. The highest BCUT2D eigenvalue weighted by atomic mass is 16.5. The number of hydrogen-bond acceptors (Lipinski definition) is 5. The molecule has 71 heavy (non-hydrogen) atoms. The van der Waals surface area contributed by atoms with Crippen LogP contribution in [0.2, 0.25) is 0 Å². The minimum atomic E-state index is -0.857. The first kappa shape index (κ1) is 69.1. The summed E-state index contributed by atoms with van der Waals surface area (Å²) in [4.78, 5) is 24.5. The van der Waals surface area contributed by atoms with Gasteiger partial charge in [0.1, 0.15) is 0 Å². The second kappa shape index (κ2) is 60.6. The Morgan fingerprint density at radius 2 is 0.704 bits per heavy atom. The van der Waals surface area contributed by atoms with E-state index in [1.54, 1.807) is 6.08 Å². The Morgan fingerprint density at radius 1 is 0.394 bits per heavy atom. The number of aliphatic hydroxyl groups is 2. The number of nitrogens with one attached hydrogen (secondary N) is 1. The van der Waals surface area contributed by atoms with E-state index in [2.05, 4.69) is 43.5 Å². The molecule has 0 radical (unpaired) electrons. The maximum Gasteiger partial charge on any atom is 0.305 e. The van der Waals surface area contributed by atoms with Crippen LogP contribution in [0.1, 0.15) is 341 Å².